The highest BCUT2D eigenvalue weighted by Gasteiger charge is 2.15. The first-order valence-corrected chi connectivity index (χ1v) is 8.19. The van der Waals surface area contributed by atoms with Crippen molar-refractivity contribution in [3.63, 3.8) is 0 Å². The van der Waals surface area contributed by atoms with Gasteiger partial charge in [-0.25, -0.2) is 0 Å². The Labute approximate surface area is 145 Å². The van der Waals surface area contributed by atoms with Gasteiger partial charge in [0, 0.05) is 29.6 Å². The number of hydrogen-bond acceptors (Lipinski definition) is 4. The predicted octanol–water partition coefficient (Wildman–Crippen LogP) is 4.07. The number of rotatable bonds is 4. The molecule has 0 aliphatic carbocycles. The molecular formula is C21H18N2O2. The number of aliphatic hydroxyl groups is 1. The Bertz CT molecular complexity index is 1040. The predicted molar refractivity (Wildman–Crippen MR) is 98.7 cm³/mol. The minimum Gasteiger partial charge on any atom is -0.497 e. The molecule has 124 valence electrons. The van der Waals surface area contributed by atoms with Crippen molar-refractivity contribution >= 4 is 21.7 Å². The third kappa shape index (κ3) is 2.92. The molecule has 0 saturated carbocycles. The van der Waals surface area contributed by atoms with E-state index in [0.717, 1.165) is 38.7 Å². The van der Waals surface area contributed by atoms with Gasteiger partial charge in [-0.15, -0.1) is 0 Å². The maximum absolute atomic E-state index is 10.9. The van der Waals surface area contributed by atoms with E-state index in [2.05, 4.69) is 16.0 Å². The number of aliphatic hydroxyl groups excluding tert-OH is 1. The smallest absolute Gasteiger partial charge is 0.119 e. The fraction of sp³-hybridized carbons (Fsp3) is 0.143. The van der Waals surface area contributed by atoms with Gasteiger partial charge in [0.15, 0.2) is 0 Å². The number of nitrogens with zero attached hydrogens (tertiary/aromatic N) is 2. The molecule has 2 aromatic heterocycles. The summed E-state index contributed by atoms with van der Waals surface area (Å²) in [6, 6.07) is 17.6. The van der Waals surface area contributed by atoms with Crippen LogP contribution in [0.3, 0.4) is 0 Å². The molecule has 0 spiro atoms. The maximum Gasteiger partial charge on any atom is 0.119 e. The Morgan fingerprint density at radius 1 is 0.960 bits per heavy atom. The van der Waals surface area contributed by atoms with E-state index in [0.29, 0.717) is 6.42 Å². The molecule has 1 atom stereocenters. The summed E-state index contributed by atoms with van der Waals surface area (Å²) in [7, 11) is 1.63. The molecule has 0 amide bonds. The fourth-order valence-corrected chi connectivity index (χ4v) is 3.20. The molecule has 25 heavy (non-hydrogen) atoms. The molecule has 0 aliphatic heterocycles. The van der Waals surface area contributed by atoms with Crippen LogP contribution in [-0.2, 0) is 6.42 Å². The molecule has 0 bridgehead atoms. The quantitative estimate of drug-likeness (QED) is 0.613. The number of pyridine rings is 2. The Balaban J connectivity index is 1.76. The zero-order valence-electron chi connectivity index (χ0n) is 13.9. The van der Waals surface area contributed by atoms with Crippen molar-refractivity contribution in [2.75, 3.05) is 7.11 Å². The van der Waals surface area contributed by atoms with E-state index in [1.54, 1.807) is 19.5 Å². The summed E-state index contributed by atoms with van der Waals surface area (Å²) in [5, 5.41) is 14.0. The lowest BCUT2D eigenvalue weighted by Crippen LogP contribution is -2.05. The monoisotopic (exact) mass is 330 g/mol. The van der Waals surface area contributed by atoms with E-state index >= 15 is 0 Å². The molecule has 0 fully saturated rings. The zero-order valence-corrected chi connectivity index (χ0v) is 13.9. The first-order chi connectivity index (χ1) is 12.3. The largest absolute Gasteiger partial charge is 0.497 e. The molecule has 4 aromatic rings. The Morgan fingerprint density at radius 2 is 1.80 bits per heavy atom. The molecule has 4 rings (SSSR count). The second kappa shape index (κ2) is 6.49. The number of benzene rings is 2. The summed E-state index contributed by atoms with van der Waals surface area (Å²) in [6.07, 6.45) is 3.29. The topological polar surface area (TPSA) is 55.2 Å². The van der Waals surface area contributed by atoms with Gasteiger partial charge in [0.1, 0.15) is 5.75 Å². The first-order valence-electron chi connectivity index (χ1n) is 8.19. The van der Waals surface area contributed by atoms with Gasteiger partial charge in [-0.2, -0.15) is 0 Å². The number of fused-ring (bicyclic) bond motifs is 2. The molecule has 2 heterocycles. The molecule has 4 heteroatoms. The first kappa shape index (κ1) is 15.5. The van der Waals surface area contributed by atoms with Crippen molar-refractivity contribution in [3.8, 4) is 5.75 Å². The minimum atomic E-state index is -0.670. The highest BCUT2D eigenvalue weighted by atomic mass is 16.5. The third-order valence-electron chi connectivity index (χ3n) is 4.48. The van der Waals surface area contributed by atoms with E-state index in [-0.39, 0.29) is 0 Å². The van der Waals surface area contributed by atoms with Crippen LogP contribution in [0.2, 0.25) is 0 Å². The average Bonchev–Trinajstić information content (AvgIpc) is 2.67. The van der Waals surface area contributed by atoms with Gasteiger partial charge in [-0.3, -0.25) is 9.97 Å². The van der Waals surface area contributed by atoms with Crippen molar-refractivity contribution in [3.05, 3.63) is 78.2 Å². The Morgan fingerprint density at radius 3 is 2.68 bits per heavy atom. The van der Waals surface area contributed by atoms with Gasteiger partial charge >= 0.3 is 0 Å². The summed E-state index contributed by atoms with van der Waals surface area (Å²) in [4.78, 5) is 8.86. The highest BCUT2D eigenvalue weighted by molar-refractivity contribution is 5.85. The van der Waals surface area contributed by atoms with Gasteiger partial charge in [-0.05, 0) is 41.3 Å². The number of hydrogen-bond donors (Lipinski definition) is 1. The highest BCUT2D eigenvalue weighted by Crippen LogP contribution is 2.29. The van der Waals surface area contributed by atoms with Crippen LogP contribution in [0.1, 0.15) is 17.4 Å². The summed E-state index contributed by atoms with van der Waals surface area (Å²) in [6.45, 7) is 0. The number of aromatic nitrogens is 2. The molecule has 1 unspecified atom stereocenters. The molecular weight excluding hydrogens is 312 g/mol. The van der Waals surface area contributed by atoms with Crippen molar-refractivity contribution in [1.29, 1.82) is 0 Å². The van der Waals surface area contributed by atoms with Gasteiger partial charge in [0.05, 0.1) is 24.4 Å². The number of ether oxygens (including phenoxy) is 1. The maximum atomic E-state index is 10.9. The van der Waals surface area contributed by atoms with Gasteiger partial charge in [-0.1, -0.05) is 24.3 Å². The fourth-order valence-electron chi connectivity index (χ4n) is 3.20. The second-order valence-corrected chi connectivity index (χ2v) is 5.98. The summed E-state index contributed by atoms with van der Waals surface area (Å²) < 4.78 is 5.31. The summed E-state index contributed by atoms with van der Waals surface area (Å²) in [5.41, 5.74) is 2.56. The van der Waals surface area contributed by atoms with Crippen molar-refractivity contribution in [2.45, 2.75) is 12.5 Å². The van der Waals surface area contributed by atoms with Crippen LogP contribution >= 0.6 is 0 Å². The molecule has 0 radical (unpaired) electrons. The number of methoxy groups -OCH3 is 1. The molecule has 0 saturated heterocycles. The normalized spacial score (nSPS) is 12.4. The summed E-state index contributed by atoms with van der Waals surface area (Å²) >= 11 is 0. The zero-order chi connectivity index (χ0) is 17.2. The molecule has 4 nitrogen and oxygen atoms in total. The van der Waals surface area contributed by atoms with E-state index in [9.17, 15) is 5.11 Å². The SMILES string of the molecule is COc1ccc2nccc(C(O)Cc3nccc4ccccc34)c2c1. The van der Waals surface area contributed by atoms with Gasteiger partial charge in [0.2, 0.25) is 0 Å². The van der Waals surface area contributed by atoms with E-state index in [1.165, 1.54) is 0 Å². The van der Waals surface area contributed by atoms with Crippen LogP contribution in [0.5, 0.6) is 5.75 Å². The van der Waals surface area contributed by atoms with Crippen molar-refractivity contribution in [2.24, 2.45) is 0 Å². The lowest BCUT2D eigenvalue weighted by molar-refractivity contribution is 0.179. The van der Waals surface area contributed by atoms with Crippen LogP contribution in [0.15, 0.2) is 67.0 Å². The van der Waals surface area contributed by atoms with Crippen LogP contribution < -0.4 is 4.74 Å². The van der Waals surface area contributed by atoms with Crippen LogP contribution in [0.25, 0.3) is 21.7 Å². The lowest BCUT2D eigenvalue weighted by atomic mass is 9.98. The molecule has 2 aromatic carbocycles. The summed E-state index contributed by atoms with van der Waals surface area (Å²) in [5.74, 6) is 0.747. The van der Waals surface area contributed by atoms with Crippen molar-refractivity contribution < 1.29 is 9.84 Å². The third-order valence-corrected chi connectivity index (χ3v) is 4.48. The average molecular weight is 330 g/mol. The van der Waals surface area contributed by atoms with Crippen LogP contribution in [-0.4, -0.2) is 22.2 Å². The van der Waals surface area contributed by atoms with Crippen molar-refractivity contribution in [1.82, 2.24) is 9.97 Å². The van der Waals surface area contributed by atoms with E-state index in [4.69, 9.17) is 4.74 Å². The van der Waals surface area contributed by atoms with Gasteiger partial charge in [0.25, 0.3) is 0 Å². The van der Waals surface area contributed by atoms with Crippen LogP contribution in [0.4, 0.5) is 0 Å². The second-order valence-electron chi connectivity index (χ2n) is 5.98. The molecule has 0 aliphatic rings. The Kier molecular flexibility index (Phi) is 4.04. The van der Waals surface area contributed by atoms with E-state index in [1.807, 2.05) is 48.5 Å². The van der Waals surface area contributed by atoms with E-state index < -0.39 is 6.10 Å². The van der Waals surface area contributed by atoms with Crippen LogP contribution in [0, 0.1) is 0 Å². The molecule has 1 N–H and O–H groups in total. The Hall–Kier alpha value is -2.98. The standard InChI is InChI=1S/C21H18N2O2/c1-25-15-6-7-19-18(12-15)17(9-11-22-19)21(24)13-20-16-5-3-2-4-14(16)8-10-23-20/h2-12,21,24H,13H2,1H3. The van der Waals surface area contributed by atoms with Gasteiger partial charge < -0.3 is 9.84 Å². The minimum absolute atomic E-state index is 0.442. The lowest BCUT2D eigenvalue weighted by Gasteiger charge is -2.15.